The fraction of sp³-hybridized carbons (Fsp3) is 0.316. The van der Waals surface area contributed by atoms with Gasteiger partial charge in [-0.3, -0.25) is 4.79 Å². The molecule has 0 radical (unpaired) electrons. The third-order valence-electron chi connectivity index (χ3n) is 4.97. The molecule has 1 saturated carbocycles. The van der Waals surface area contributed by atoms with Crippen LogP contribution in [0.1, 0.15) is 29.5 Å². The summed E-state index contributed by atoms with van der Waals surface area (Å²) in [5, 5.41) is 2.63. The normalized spacial score (nSPS) is 18.5. The van der Waals surface area contributed by atoms with Crippen molar-refractivity contribution in [3.8, 4) is 11.5 Å². The van der Waals surface area contributed by atoms with Crippen LogP contribution in [0.15, 0.2) is 30.3 Å². The van der Waals surface area contributed by atoms with Gasteiger partial charge in [0, 0.05) is 0 Å². The van der Waals surface area contributed by atoms with Crippen molar-refractivity contribution in [3.05, 3.63) is 52.8 Å². The zero-order chi connectivity index (χ0) is 18.7. The maximum Gasteiger partial charge on any atom is 0.586 e. The smallest absolute Gasteiger partial charge is 0.395 e. The summed E-state index contributed by atoms with van der Waals surface area (Å²) in [5.74, 6) is -1.06. The van der Waals surface area contributed by atoms with E-state index in [1.54, 1.807) is 19.1 Å². The zero-order valence-corrected chi connectivity index (χ0v) is 14.2. The minimum absolute atomic E-state index is 0.0739. The first-order chi connectivity index (χ1) is 12.2. The number of carbonyl (C=O) groups excluding carboxylic acids is 1. The van der Waals surface area contributed by atoms with E-state index in [0.29, 0.717) is 18.4 Å². The van der Waals surface area contributed by atoms with Crippen molar-refractivity contribution in [1.82, 2.24) is 0 Å². The molecule has 2 aromatic carbocycles. The maximum absolute atomic E-state index is 14.1. The van der Waals surface area contributed by atoms with E-state index in [-0.39, 0.29) is 23.1 Å². The first-order valence-electron chi connectivity index (χ1n) is 8.19. The molecule has 2 aromatic rings. The number of alkyl halides is 2. The Morgan fingerprint density at radius 2 is 1.69 bits per heavy atom. The number of amides is 1. The Morgan fingerprint density at radius 1 is 1.04 bits per heavy atom. The van der Waals surface area contributed by atoms with E-state index < -0.39 is 17.5 Å². The molecular formula is C19H16F3NO3. The van der Waals surface area contributed by atoms with Crippen molar-refractivity contribution in [2.24, 2.45) is 0 Å². The Hall–Kier alpha value is -2.70. The van der Waals surface area contributed by atoms with Gasteiger partial charge in [-0.05, 0) is 67.6 Å². The molecule has 7 heteroatoms. The molecule has 1 N–H and O–H groups in total. The molecular weight excluding hydrogens is 347 g/mol. The molecule has 0 bridgehead atoms. The molecule has 0 spiro atoms. The van der Waals surface area contributed by atoms with E-state index >= 15 is 0 Å². The number of nitrogens with one attached hydrogen (secondary N) is 1. The van der Waals surface area contributed by atoms with Crippen LogP contribution >= 0.6 is 0 Å². The van der Waals surface area contributed by atoms with Crippen LogP contribution < -0.4 is 14.8 Å². The fourth-order valence-corrected chi connectivity index (χ4v) is 3.14. The number of anilines is 1. The first kappa shape index (κ1) is 16.8. The summed E-state index contributed by atoms with van der Waals surface area (Å²) in [4.78, 5) is 12.8. The summed E-state index contributed by atoms with van der Waals surface area (Å²) in [6.07, 6.45) is -2.62. The van der Waals surface area contributed by atoms with Crippen molar-refractivity contribution < 1.29 is 27.4 Å². The number of carbonyl (C=O) groups is 1. The van der Waals surface area contributed by atoms with Crippen molar-refractivity contribution in [1.29, 1.82) is 0 Å². The lowest BCUT2D eigenvalue weighted by Gasteiger charge is -2.17. The number of hydrogen-bond acceptors (Lipinski definition) is 3. The van der Waals surface area contributed by atoms with E-state index in [9.17, 15) is 18.0 Å². The lowest BCUT2D eigenvalue weighted by atomic mass is 9.94. The second kappa shape index (κ2) is 5.40. The predicted octanol–water partition coefficient (Wildman–Crippen LogP) is 4.43. The molecule has 136 valence electrons. The average Bonchev–Trinajstić information content (AvgIpc) is 3.30. The number of halogens is 3. The number of rotatable bonds is 3. The highest BCUT2D eigenvalue weighted by molar-refractivity contribution is 6.01. The number of hydrogen-bond donors (Lipinski definition) is 1. The molecule has 2 aliphatic rings. The molecule has 26 heavy (non-hydrogen) atoms. The van der Waals surface area contributed by atoms with Gasteiger partial charge in [0.15, 0.2) is 11.5 Å². The molecule has 1 amide bonds. The molecule has 1 fully saturated rings. The second-order valence-electron chi connectivity index (χ2n) is 6.78. The lowest BCUT2D eigenvalue weighted by molar-refractivity contribution is -0.286. The highest BCUT2D eigenvalue weighted by Gasteiger charge is 2.53. The third kappa shape index (κ3) is 2.67. The molecule has 0 saturated heterocycles. The summed E-state index contributed by atoms with van der Waals surface area (Å²) in [5.41, 5.74) is 1.42. The van der Waals surface area contributed by atoms with Crippen LogP contribution in [0, 0.1) is 19.7 Å². The van der Waals surface area contributed by atoms with Crippen molar-refractivity contribution in [2.45, 2.75) is 38.4 Å². The van der Waals surface area contributed by atoms with Crippen LogP contribution in [0.25, 0.3) is 0 Å². The van der Waals surface area contributed by atoms with Gasteiger partial charge in [0.2, 0.25) is 5.91 Å². The topological polar surface area (TPSA) is 47.6 Å². The van der Waals surface area contributed by atoms with Crippen LogP contribution in [0.4, 0.5) is 18.9 Å². The largest absolute Gasteiger partial charge is 0.586 e. The highest BCUT2D eigenvalue weighted by Crippen LogP contribution is 2.52. The monoisotopic (exact) mass is 363 g/mol. The molecule has 4 nitrogen and oxygen atoms in total. The third-order valence-corrected chi connectivity index (χ3v) is 4.97. The SMILES string of the molecule is Cc1cc(F)c(NC(=O)C2(c3ccc4c(c3)OC(F)(F)O4)CC2)cc1C. The average molecular weight is 363 g/mol. The first-order valence-corrected chi connectivity index (χ1v) is 8.19. The van der Waals surface area contributed by atoms with Crippen LogP contribution in [-0.2, 0) is 10.2 Å². The number of fused-ring (bicyclic) bond motifs is 1. The zero-order valence-electron chi connectivity index (χ0n) is 14.2. The molecule has 0 atom stereocenters. The van der Waals surface area contributed by atoms with Gasteiger partial charge in [0.05, 0.1) is 11.1 Å². The van der Waals surface area contributed by atoms with Crippen LogP contribution in [0.2, 0.25) is 0 Å². The standard InChI is InChI=1S/C19H16F3NO3/c1-10-7-13(20)14(8-11(10)2)23-17(24)18(5-6-18)12-3-4-15-16(9-12)26-19(21,22)25-15/h3-4,7-9H,5-6H2,1-2H3,(H,23,24). The summed E-state index contributed by atoms with van der Waals surface area (Å²) >= 11 is 0. The van der Waals surface area contributed by atoms with Crippen LogP contribution in [0.5, 0.6) is 11.5 Å². The Morgan fingerprint density at radius 3 is 2.38 bits per heavy atom. The Kier molecular flexibility index (Phi) is 3.48. The molecule has 4 rings (SSSR count). The van der Waals surface area contributed by atoms with Gasteiger partial charge in [0.1, 0.15) is 5.82 Å². The van der Waals surface area contributed by atoms with Crippen LogP contribution in [0.3, 0.4) is 0 Å². The van der Waals surface area contributed by atoms with Crippen molar-refractivity contribution in [2.75, 3.05) is 5.32 Å². The maximum atomic E-state index is 14.1. The Labute approximate surface area is 147 Å². The Balaban J connectivity index is 1.60. The highest BCUT2D eigenvalue weighted by atomic mass is 19.3. The van der Waals surface area contributed by atoms with Gasteiger partial charge in [-0.1, -0.05) is 6.07 Å². The summed E-state index contributed by atoms with van der Waals surface area (Å²) < 4.78 is 49.3. The fourth-order valence-electron chi connectivity index (χ4n) is 3.14. The minimum Gasteiger partial charge on any atom is -0.395 e. The molecule has 1 aliphatic heterocycles. The predicted molar refractivity (Wildman–Crippen MR) is 88.1 cm³/mol. The van der Waals surface area contributed by atoms with Gasteiger partial charge in [-0.15, -0.1) is 8.78 Å². The lowest BCUT2D eigenvalue weighted by Crippen LogP contribution is -2.28. The van der Waals surface area contributed by atoms with E-state index in [1.165, 1.54) is 18.2 Å². The minimum atomic E-state index is -3.71. The van der Waals surface area contributed by atoms with Crippen molar-refractivity contribution in [3.63, 3.8) is 0 Å². The molecule has 1 heterocycles. The molecule has 0 unspecified atom stereocenters. The summed E-state index contributed by atoms with van der Waals surface area (Å²) in [6.45, 7) is 3.62. The van der Waals surface area contributed by atoms with Gasteiger partial charge < -0.3 is 14.8 Å². The van der Waals surface area contributed by atoms with Crippen LogP contribution in [-0.4, -0.2) is 12.2 Å². The number of aryl methyl sites for hydroxylation is 2. The van der Waals surface area contributed by atoms with E-state index in [1.807, 2.05) is 6.92 Å². The molecule has 1 aliphatic carbocycles. The van der Waals surface area contributed by atoms with E-state index in [4.69, 9.17) is 0 Å². The van der Waals surface area contributed by atoms with E-state index in [0.717, 1.165) is 11.1 Å². The van der Waals surface area contributed by atoms with Gasteiger partial charge in [-0.2, -0.15) is 0 Å². The van der Waals surface area contributed by atoms with Gasteiger partial charge in [-0.25, -0.2) is 4.39 Å². The van der Waals surface area contributed by atoms with Crippen molar-refractivity contribution >= 4 is 11.6 Å². The van der Waals surface area contributed by atoms with E-state index in [2.05, 4.69) is 14.8 Å². The molecule has 0 aromatic heterocycles. The second-order valence-corrected chi connectivity index (χ2v) is 6.78. The quantitative estimate of drug-likeness (QED) is 0.877. The summed E-state index contributed by atoms with van der Waals surface area (Å²) in [7, 11) is 0. The number of ether oxygens (including phenoxy) is 2. The Bertz CT molecular complexity index is 922. The summed E-state index contributed by atoms with van der Waals surface area (Å²) in [6, 6.07) is 7.26. The number of benzene rings is 2. The van der Waals surface area contributed by atoms with Gasteiger partial charge in [0.25, 0.3) is 0 Å². The van der Waals surface area contributed by atoms with Gasteiger partial charge >= 0.3 is 6.29 Å².